The second-order valence-corrected chi connectivity index (χ2v) is 10.5. The van der Waals surface area contributed by atoms with Crippen molar-refractivity contribution in [1.82, 2.24) is 9.69 Å². The second-order valence-electron chi connectivity index (χ2n) is 9.77. The molecule has 0 saturated heterocycles. The Hall–Kier alpha value is -4.32. The first-order chi connectivity index (χ1) is 19.1. The molecule has 3 aromatic rings. The number of nitrogens with one attached hydrogen (secondary N) is 1. The van der Waals surface area contributed by atoms with Crippen LogP contribution in [-0.2, 0) is 4.79 Å². The Morgan fingerprint density at radius 3 is 2.38 bits per heavy atom. The third-order valence-electron chi connectivity index (χ3n) is 6.54. The standard InChI is InChI=1S/C28H33N5O6S/c1-5-28(3,4)31-26(35)23(16-7-10-18(11-8-16)37-6-2)33(17-9-12-19-20(15-17)39-14-13-38-19)27(36)24-21(29)22(25(30)34)32-40-24/h7-12,15,23H,5-6,13-14,29H2,1-4H3,(H2,30,34)(H,31,35). The summed E-state index contributed by atoms with van der Waals surface area (Å²) in [6.07, 6.45) is 0.649. The SMILES string of the molecule is CCOc1ccc(C(C(=O)NC(C)(C)CC)N(C(=O)c2snc(C(N)=O)c2N)c2ccc3c(c2)OCCO3)cc1. The Balaban J connectivity index is 1.90. The molecule has 1 aliphatic heterocycles. The molecule has 0 radical (unpaired) electrons. The van der Waals surface area contributed by atoms with Gasteiger partial charge in [-0.25, -0.2) is 0 Å². The number of nitrogens with zero attached hydrogens (tertiary/aromatic N) is 2. The van der Waals surface area contributed by atoms with Gasteiger partial charge in [0.05, 0.1) is 12.3 Å². The van der Waals surface area contributed by atoms with Crippen LogP contribution in [0.5, 0.6) is 17.2 Å². The summed E-state index contributed by atoms with van der Waals surface area (Å²) in [5.41, 5.74) is 11.5. The van der Waals surface area contributed by atoms with Crippen LogP contribution in [0, 0.1) is 0 Å². The zero-order valence-electron chi connectivity index (χ0n) is 22.9. The number of rotatable bonds is 10. The normalized spacial score (nSPS) is 13.3. The quantitative estimate of drug-likeness (QED) is 0.335. The third-order valence-corrected chi connectivity index (χ3v) is 7.39. The molecular formula is C28H33N5O6S. The first-order valence-corrected chi connectivity index (χ1v) is 13.7. The molecule has 12 heteroatoms. The highest BCUT2D eigenvalue weighted by Gasteiger charge is 2.38. The molecule has 4 rings (SSSR count). The number of carbonyl (C=O) groups is 3. The summed E-state index contributed by atoms with van der Waals surface area (Å²) in [6, 6.07) is 10.8. The van der Waals surface area contributed by atoms with Gasteiger partial charge in [0.2, 0.25) is 5.91 Å². The van der Waals surface area contributed by atoms with E-state index in [9.17, 15) is 14.4 Å². The van der Waals surface area contributed by atoms with E-state index in [2.05, 4.69) is 9.69 Å². The monoisotopic (exact) mass is 567 g/mol. The molecule has 11 nitrogen and oxygen atoms in total. The number of carbonyl (C=O) groups excluding carboxylic acids is 3. The fourth-order valence-electron chi connectivity index (χ4n) is 4.12. The molecule has 3 amide bonds. The van der Waals surface area contributed by atoms with Gasteiger partial charge in [0, 0.05) is 17.3 Å². The lowest BCUT2D eigenvalue weighted by atomic mass is 9.98. The van der Waals surface area contributed by atoms with Crippen molar-refractivity contribution >= 4 is 40.6 Å². The van der Waals surface area contributed by atoms with Crippen molar-refractivity contribution in [2.75, 3.05) is 30.5 Å². The van der Waals surface area contributed by atoms with Gasteiger partial charge in [0.1, 0.15) is 29.9 Å². The van der Waals surface area contributed by atoms with Crippen molar-refractivity contribution in [1.29, 1.82) is 0 Å². The van der Waals surface area contributed by atoms with Crippen LogP contribution in [0.1, 0.15) is 65.9 Å². The maximum Gasteiger partial charge on any atom is 0.273 e. The highest BCUT2D eigenvalue weighted by atomic mass is 32.1. The summed E-state index contributed by atoms with van der Waals surface area (Å²) in [5, 5.41) is 3.06. The predicted molar refractivity (Wildman–Crippen MR) is 152 cm³/mol. The van der Waals surface area contributed by atoms with Gasteiger partial charge in [-0.15, -0.1) is 0 Å². The molecule has 40 heavy (non-hydrogen) atoms. The highest BCUT2D eigenvalue weighted by Crippen LogP contribution is 2.39. The summed E-state index contributed by atoms with van der Waals surface area (Å²) in [5.74, 6) is -0.347. The van der Waals surface area contributed by atoms with E-state index in [1.54, 1.807) is 42.5 Å². The predicted octanol–water partition coefficient (Wildman–Crippen LogP) is 3.69. The van der Waals surface area contributed by atoms with Crippen LogP contribution in [0.2, 0.25) is 0 Å². The molecule has 212 valence electrons. The first-order valence-electron chi connectivity index (χ1n) is 12.9. The number of fused-ring (bicyclic) bond motifs is 1. The Bertz CT molecular complexity index is 1400. The van der Waals surface area contributed by atoms with Gasteiger partial charge in [-0.3, -0.25) is 19.3 Å². The maximum atomic E-state index is 14.3. The summed E-state index contributed by atoms with van der Waals surface area (Å²) < 4.78 is 21.0. The number of amides is 3. The van der Waals surface area contributed by atoms with Crippen molar-refractivity contribution in [2.45, 2.75) is 45.7 Å². The van der Waals surface area contributed by atoms with Crippen LogP contribution in [0.3, 0.4) is 0 Å². The summed E-state index contributed by atoms with van der Waals surface area (Å²) >= 11 is 0.741. The van der Waals surface area contributed by atoms with Gasteiger partial charge in [-0.2, -0.15) is 4.37 Å². The number of nitrogens with two attached hydrogens (primary N) is 2. The smallest absolute Gasteiger partial charge is 0.273 e. The minimum Gasteiger partial charge on any atom is -0.494 e. The minimum atomic E-state index is -1.14. The zero-order chi connectivity index (χ0) is 29.0. The van der Waals surface area contributed by atoms with Crippen molar-refractivity contribution < 1.29 is 28.6 Å². The van der Waals surface area contributed by atoms with Crippen LogP contribution in [-0.4, -0.2) is 47.5 Å². The van der Waals surface area contributed by atoms with E-state index < -0.39 is 29.3 Å². The number of ether oxygens (including phenoxy) is 3. The van der Waals surface area contributed by atoms with Gasteiger partial charge in [0.25, 0.3) is 11.8 Å². The molecule has 0 saturated carbocycles. The van der Waals surface area contributed by atoms with E-state index in [4.69, 9.17) is 25.7 Å². The number of benzene rings is 2. The first kappa shape index (κ1) is 28.7. The van der Waals surface area contributed by atoms with Crippen molar-refractivity contribution in [3.05, 3.63) is 58.6 Å². The molecule has 1 atom stereocenters. The largest absolute Gasteiger partial charge is 0.494 e. The zero-order valence-corrected chi connectivity index (χ0v) is 23.7. The molecule has 1 aromatic heterocycles. The number of primary amides is 1. The van der Waals surface area contributed by atoms with Crippen molar-refractivity contribution in [3.8, 4) is 17.2 Å². The van der Waals surface area contributed by atoms with Gasteiger partial charge < -0.3 is 31.0 Å². The molecule has 0 spiro atoms. The van der Waals surface area contributed by atoms with Gasteiger partial charge >= 0.3 is 0 Å². The number of hydrogen-bond donors (Lipinski definition) is 3. The van der Waals surface area contributed by atoms with Gasteiger partial charge in [-0.05, 0) is 68.6 Å². The minimum absolute atomic E-state index is 0.0258. The molecular weight excluding hydrogens is 534 g/mol. The Morgan fingerprint density at radius 2 is 1.77 bits per heavy atom. The Kier molecular flexibility index (Phi) is 8.48. The molecule has 0 aliphatic carbocycles. The van der Waals surface area contributed by atoms with E-state index >= 15 is 0 Å². The van der Waals surface area contributed by atoms with Crippen LogP contribution in [0.15, 0.2) is 42.5 Å². The van der Waals surface area contributed by atoms with E-state index in [1.807, 2.05) is 27.7 Å². The average Bonchev–Trinajstić information content (AvgIpc) is 3.33. The average molecular weight is 568 g/mol. The molecule has 1 aliphatic rings. The van der Waals surface area contributed by atoms with Crippen molar-refractivity contribution in [2.24, 2.45) is 5.73 Å². The second kappa shape index (κ2) is 11.8. The number of nitrogen functional groups attached to an aromatic ring is 1. The van der Waals surface area contributed by atoms with Crippen LogP contribution in [0.4, 0.5) is 11.4 Å². The lowest BCUT2D eigenvalue weighted by molar-refractivity contribution is -0.124. The molecule has 2 aromatic carbocycles. The number of anilines is 2. The highest BCUT2D eigenvalue weighted by molar-refractivity contribution is 7.09. The maximum absolute atomic E-state index is 14.3. The van der Waals surface area contributed by atoms with E-state index in [1.165, 1.54) is 4.90 Å². The fraction of sp³-hybridized carbons (Fsp3) is 0.357. The molecule has 0 bridgehead atoms. The van der Waals surface area contributed by atoms with E-state index in [-0.39, 0.29) is 16.3 Å². The fourth-order valence-corrected chi connectivity index (χ4v) is 4.87. The summed E-state index contributed by atoms with van der Waals surface area (Å²) in [7, 11) is 0. The molecule has 1 unspecified atom stereocenters. The topological polar surface area (TPSA) is 159 Å². The lowest BCUT2D eigenvalue weighted by Crippen LogP contribution is -2.50. The summed E-state index contributed by atoms with van der Waals surface area (Å²) in [6.45, 7) is 8.83. The van der Waals surface area contributed by atoms with Crippen LogP contribution < -0.4 is 35.9 Å². The lowest BCUT2D eigenvalue weighted by Gasteiger charge is -2.35. The molecule has 2 heterocycles. The van der Waals surface area contributed by atoms with E-state index in [0.29, 0.717) is 54.7 Å². The number of aromatic nitrogens is 1. The Labute approximate surface area is 236 Å². The Morgan fingerprint density at radius 1 is 1.10 bits per heavy atom. The number of hydrogen-bond acceptors (Lipinski definition) is 9. The van der Waals surface area contributed by atoms with E-state index in [0.717, 1.165) is 11.5 Å². The van der Waals surface area contributed by atoms with Crippen LogP contribution in [0.25, 0.3) is 0 Å². The summed E-state index contributed by atoms with van der Waals surface area (Å²) in [4.78, 5) is 41.5. The molecule has 5 N–H and O–H groups in total. The van der Waals surface area contributed by atoms with Gasteiger partial charge in [0.15, 0.2) is 17.2 Å². The van der Waals surface area contributed by atoms with Crippen LogP contribution >= 0.6 is 11.5 Å². The van der Waals surface area contributed by atoms with Gasteiger partial charge in [-0.1, -0.05) is 19.1 Å². The van der Waals surface area contributed by atoms with Crippen molar-refractivity contribution in [3.63, 3.8) is 0 Å². The molecule has 0 fully saturated rings. The third kappa shape index (κ3) is 5.96.